The Morgan fingerprint density at radius 3 is 2.14 bits per heavy atom. The first-order chi connectivity index (χ1) is 10.6. The molecular formula is C17H27NO4. The molecule has 0 N–H and O–H groups in total. The highest BCUT2D eigenvalue weighted by Gasteiger charge is 2.14. The molecular weight excluding hydrogens is 282 g/mol. The molecule has 124 valence electrons. The summed E-state index contributed by atoms with van der Waals surface area (Å²) >= 11 is 0. The molecule has 0 aliphatic carbocycles. The summed E-state index contributed by atoms with van der Waals surface area (Å²) < 4.78 is 15.9. The van der Waals surface area contributed by atoms with E-state index >= 15 is 0 Å². The summed E-state index contributed by atoms with van der Waals surface area (Å²) in [5, 5.41) is 0. The molecule has 0 bridgehead atoms. The number of aryl methyl sites for hydroxylation is 1. The number of nitrogens with zero attached hydrogens (tertiary/aromatic N) is 1. The third kappa shape index (κ3) is 4.83. The van der Waals surface area contributed by atoms with E-state index in [0.29, 0.717) is 30.1 Å². The van der Waals surface area contributed by atoms with Gasteiger partial charge in [0.25, 0.3) is 0 Å². The number of carbonyl (C=O) groups excluding carboxylic acids is 1. The minimum absolute atomic E-state index is 0.155. The van der Waals surface area contributed by atoms with E-state index in [1.807, 2.05) is 19.2 Å². The molecule has 1 aromatic rings. The Balaban J connectivity index is 2.75. The average Bonchev–Trinajstić information content (AvgIpc) is 2.55. The fourth-order valence-electron chi connectivity index (χ4n) is 2.24. The lowest BCUT2D eigenvalue weighted by atomic mass is 10.1. The number of methoxy groups -OCH3 is 3. The topological polar surface area (TPSA) is 48.0 Å². The Morgan fingerprint density at radius 1 is 1.09 bits per heavy atom. The van der Waals surface area contributed by atoms with Crippen LogP contribution < -0.4 is 14.2 Å². The number of rotatable bonds is 9. The maximum Gasteiger partial charge on any atom is 0.222 e. The summed E-state index contributed by atoms with van der Waals surface area (Å²) in [5.74, 6) is 1.95. The molecule has 0 spiro atoms. The Labute approximate surface area is 133 Å². The van der Waals surface area contributed by atoms with Crippen LogP contribution in [-0.4, -0.2) is 45.7 Å². The van der Waals surface area contributed by atoms with Gasteiger partial charge in [0.1, 0.15) is 0 Å². The molecule has 0 unspecified atom stereocenters. The molecule has 5 heteroatoms. The van der Waals surface area contributed by atoms with Crippen molar-refractivity contribution >= 4 is 5.91 Å². The van der Waals surface area contributed by atoms with Crippen LogP contribution in [0.2, 0.25) is 0 Å². The van der Waals surface area contributed by atoms with Crippen LogP contribution >= 0.6 is 0 Å². The van der Waals surface area contributed by atoms with Gasteiger partial charge in [-0.1, -0.05) is 13.3 Å². The van der Waals surface area contributed by atoms with Crippen molar-refractivity contribution in [3.63, 3.8) is 0 Å². The molecule has 1 rings (SSSR count). The van der Waals surface area contributed by atoms with Gasteiger partial charge in [-0.05, 0) is 30.5 Å². The van der Waals surface area contributed by atoms with Gasteiger partial charge >= 0.3 is 0 Å². The summed E-state index contributed by atoms with van der Waals surface area (Å²) in [6, 6.07) is 3.78. The number of unbranched alkanes of at least 4 members (excludes halogenated alkanes) is 1. The Hall–Kier alpha value is -1.91. The van der Waals surface area contributed by atoms with E-state index in [1.165, 1.54) is 0 Å². The van der Waals surface area contributed by atoms with Gasteiger partial charge in [-0.15, -0.1) is 0 Å². The van der Waals surface area contributed by atoms with Gasteiger partial charge < -0.3 is 19.1 Å². The lowest BCUT2D eigenvalue weighted by Crippen LogP contribution is -2.27. The van der Waals surface area contributed by atoms with E-state index in [9.17, 15) is 4.79 Å². The zero-order valence-electron chi connectivity index (χ0n) is 14.3. The fraction of sp³-hybridized carbons (Fsp3) is 0.588. The number of benzene rings is 1. The van der Waals surface area contributed by atoms with Crippen molar-refractivity contribution in [1.82, 2.24) is 4.90 Å². The molecule has 0 heterocycles. The van der Waals surface area contributed by atoms with E-state index in [4.69, 9.17) is 14.2 Å². The van der Waals surface area contributed by atoms with Crippen LogP contribution in [0.4, 0.5) is 0 Å². The highest BCUT2D eigenvalue weighted by Crippen LogP contribution is 2.38. The highest BCUT2D eigenvalue weighted by atomic mass is 16.5. The van der Waals surface area contributed by atoms with E-state index in [2.05, 4.69) is 6.92 Å². The number of ether oxygens (including phenoxy) is 3. The van der Waals surface area contributed by atoms with Gasteiger partial charge in [-0.3, -0.25) is 4.79 Å². The Kier molecular flexibility index (Phi) is 7.57. The fourth-order valence-corrected chi connectivity index (χ4v) is 2.24. The van der Waals surface area contributed by atoms with Crippen LogP contribution in [0.25, 0.3) is 0 Å². The molecule has 0 fully saturated rings. The zero-order valence-corrected chi connectivity index (χ0v) is 14.3. The second-order valence-corrected chi connectivity index (χ2v) is 5.20. The van der Waals surface area contributed by atoms with Gasteiger partial charge in [-0.25, -0.2) is 0 Å². The molecule has 0 aromatic heterocycles. The van der Waals surface area contributed by atoms with Crippen molar-refractivity contribution in [2.75, 3.05) is 34.9 Å². The number of hydrogen-bond acceptors (Lipinski definition) is 4. The molecule has 0 atom stereocenters. The minimum Gasteiger partial charge on any atom is -0.493 e. The standard InChI is InChI=1S/C17H27NO4/c1-6-7-10-18(2)16(19)9-8-13-11-14(20-3)17(22-5)15(12-13)21-4/h11-12H,6-10H2,1-5H3. The summed E-state index contributed by atoms with van der Waals surface area (Å²) in [6.45, 7) is 2.93. The Bertz CT molecular complexity index is 463. The average molecular weight is 309 g/mol. The first kappa shape index (κ1) is 18.1. The van der Waals surface area contributed by atoms with Crippen LogP contribution in [0.1, 0.15) is 31.7 Å². The molecule has 0 aliphatic heterocycles. The van der Waals surface area contributed by atoms with Crippen LogP contribution in [-0.2, 0) is 11.2 Å². The molecule has 0 saturated carbocycles. The van der Waals surface area contributed by atoms with Gasteiger partial charge in [0, 0.05) is 20.0 Å². The molecule has 22 heavy (non-hydrogen) atoms. The summed E-state index contributed by atoms with van der Waals surface area (Å²) in [5.41, 5.74) is 0.992. The number of amides is 1. The maximum absolute atomic E-state index is 12.1. The third-order valence-electron chi connectivity index (χ3n) is 3.62. The lowest BCUT2D eigenvalue weighted by Gasteiger charge is -2.17. The maximum atomic E-state index is 12.1. The number of carbonyl (C=O) groups is 1. The van der Waals surface area contributed by atoms with Crippen molar-refractivity contribution < 1.29 is 19.0 Å². The van der Waals surface area contributed by atoms with Crippen molar-refractivity contribution in [1.29, 1.82) is 0 Å². The number of hydrogen-bond donors (Lipinski definition) is 0. The minimum atomic E-state index is 0.155. The molecule has 5 nitrogen and oxygen atoms in total. The second-order valence-electron chi connectivity index (χ2n) is 5.20. The first-order valence-electron chi connectivity index (χ1n) is 7.60. The highest BCUT2D eigenvalue weighted by molar-refractivity contribution is 5.76. The van der Waals surface area contributed by atoms with Crippen molar-refractivity contribution in [2.24, 2.45) is 0 Å². The first-order valence-corrected chi connectivity index (χ1v) is 7.60. The summed E-state index contributed by atoms with van der Waals surface area (Å²) in [4.78, 5) is 13.9. The molecule has 1 aromatic carbocycles. The second kappa shape index (κ2) is 9.18. The lowest BCUT2D eigenvalue weighted by molar-refractivity contribution is -0.129. The van der Waals surface area contributed by atoms with E-state index < -0.39 is 0 Å². The molecule has 0 aliphatic rings. The van der Waals surface area contributed by atoms with Crippen LogP contribution in [0.5, 0.6) is 17.2 Å². The smallest absolute Gasteiger partial charge is 0.222 e. The molecule has 1 amide bonds. The van der Waals surface area contributed by atoms with Crippen LogP contribution in [0, 0.1) is 0 Å². The zero-order chi connectivity index (χ0) is 16.5. The monoisotopic (exact) mass is 309 g/mol. The van der Waals surface area contributed by atoms with Crippen LogP contribution in [0.3, 0.4) is 0 Å². The van der Waals surface area contributed by atoms with E-state index in [1.54, 1.807) is 26.2 Å². The van der Waals surface area contributed by atoms with Gasteiger partial charge in [0.2, 0.25) is 11.7 Å². The van der Waals surface area contributed by atoms with Gasteiger partial charge in [-0.2, -0.15) is 0 Å². The predicted octanol–water partition coefficient (Wildman–Crippen LogP) is 2.90. The van der Waals surface area contributed by atoms with Crippen LogP contribution in [0.15, 0.2) is 12.1 Å². The SMILES string of the molecule is CCCCN(C)C(=O)CCc1cc(OC)c(OC)c(OC)c1. The van der Waals surface area contributed by atoms with Gasteiger partial charge in [0.15, 0.2) is 11.5 Å². The quantitative estimate of drug-likeness (QED) is 0.704. The summed E-state index contributed by atoms with van der Waals surface area (Å²) in [6.07, 6.45) is 3.24. The van der Waals surface area contributed by atoms with Crippen molar-refractivity contribution in [2.45, 2.75) is 32.6 Å². The summed E-state index contributed by atoms with van der Waals surface area (Å²) in [7, 11) is 6.61. The normalized spacial score (nSPS) is 10.2. The Morgan fingerprint density at radius 2 is 1.68 bits per heavy atom. The van der Waals surface area contributed by atoms with Crippen molar-refractivity contribution in [3.8, 4) is 17.2 Å². The molecule has 0 saturated heterocycles. The largest absolute Gasteiger partial charge is 0.493 e. The van der Waals surface area contributed by atoms with E-state index in [-0.39, 0.29) is 5.91 Å². The van der Waals surface area contributed by atoms with Crippen molar-refractivity contribution in [3.05, 3.63) is 17.7 Å². The predicted molar refractivity (Wildman–Crippen MR) is 87.0 cm³/mol. The van der Waals surface area contributed by atoms with E-state index in [0.717, 1.165) is 24.9 Å². The third-order valence-corrected chi connectivity index (χ3v) is 3.62. The van der Waals surface area contributed by atoms with Gasteiger partial charge in [0.05, 0.1) is 21.3 Å². The molecule has 0 radical (unpaired) electrons.